The van der Waals surface area contributed by atoms with E-state index in [1.54, 1.807) is 6.92 Å². The largest absolute Gasteiger partial charge is 0.394 e. The smallest absolute Gasteiger partial charge is 0.235 e. The van der Waals surface area contributed by atoms with E-state index in [-0.39, 0.29) is 37.2 Å². The maximum atomic E-state index is 12.1. The highest BCUT2D eigenvalue weighted by molar-refractivity contribution is 5.79. The van der Waals surface area contributed by atoms with Gasteiger partial charge in [0.1, 0.15) is 5.54 Å². The van der Waals surface area contributed by atoms with E-state index in [1.165, 1.54) is 0 Å². The second-order valence-electron chi connectivity index (χ2n) is 6.08. The van der Waals surface area contributed by atoms with Crippen molar-refractivity contribution in [2.45, 2.75) is 44.4 Å². The summed E-state index contributed by atoms with van der Waals surface area (Å²) in [6, 6.07) is 2.22. The number of carbonyl (C=O) groups excluding carboxylic acids is 1. The Morgan fingerprint density at radius 1 is 1.55 bits per heavy atom. The molecule has 2 fully saturated rings. The van der Waals surface area contributed by atoms with Gasteiger partial charge in [0.05, 0.1) is 31.4 Å². The van der Waals surface area contributed by atoms with Gasteiger partial charge in [0.15, 0.2) is 0 Å². The number of nitrogens with zero attached hydrogens (tertiary/aromatic N) is 2. The first-order valence-electron chi connectivity index (χ1n) is 7.17. The summed E-state index contributed by atoms with van der Waals surface area (Å²) < 4.78 is 5.54. The standard InChI is InChI=1S/C14H23N3O3/c1-10-5-17(6-12(8-18)20-10)7-13(19)16-14(2,9-15)11-3-4-11/h10-12,18H,3-8H2,1-2H3,(H,16,19). The lowest BCUT2D eigenvalue weighted by molar-refractivity contribution is -0.129. The molecule has 0 aromatic carbocycles. The fourth-order valence-electron chi connectivity index (χ4n) is 2.78. The lowest BCUT2D eigenvalue weighted by Gasteiger charge is -2.36. The SMILES string of the molecule is CC1CN(CC(=O)NC(C)(C#N)C2CC2)CC(CO)O1. The van der Waals surface area contributed by atoms with Crippen molar-refractivity contribution in [2.24, 2.45) is 5.92 Å². The number of nitrogens with one attached hydrogen (secondary N) is 1. The number of aliphatic hydroxyl groups is 1. The molecule has 6 heteroatoms. The molecule has 1 aliphatic carbocycles. The van der Waals surface area contributed by atoms with Crippen LogP contribution in [0, 0.1) is 17.2 Å². The number of hydrogen-bond donors (Lipinski definition) is 2. The van der Waals surface area contributed by atoms with Crippen LogP contribution in [0.2, 0.25) is 0 Å². The highest BCUT2D eigenvalue weighted by Gasteiger charge is 2.43. The molecule has 3 unspecified atom stereocenters. The molecule has 1 aliphatic heterocycles. The first kappa shape index (κ1) is 15.2. The molecule has 1 heterocycles. The molecule has 20 heavy (non-hydrogen) atoms. The summed E-state index contributed by atoms with van der Waals surface area (Å²) in [6.07, 6.45) is 1.77. The van der Waals surface area contributed by atoms with Crippen molar-refractivity contribution in [2.75, 3.05) is 26.2 Å². The van der Waals surface area contributed by atoms with Crippen LogP contribution in [0.15, 0.2) is 0 Å². The Morgan fingerprint density at radius 3 is 2.80 bits per heavy atom. The van der Waals surface area contributed by atoms with Crippen LogP contribution in [0.5, 0.6) is 0 Å². The van der Waals surface area contributed by atoms with Crippen LogP contribution < -0.4 is 5.32 Å². The minimum absolute atomic E-state index is 0.000479. The van der Waals surface area contributed by atoms with Crippen LogP contribution in [0.25, 0.3) is 0 Å². The third-order valence-corrected chi connectivity index (χ3v) is 4.00. The zero-order valence-corrected chi connectivity index (χ0v) is 12.1. The van der Waals surface area contributed by atoms with E-state index in [0.717, 1.165) is 12.8 Å². The summed E-state index contributed by atoms with van der Waals surface area (Å²) in [6.45, 7) is 5.13. The zero-order chi connectivity index (χ0) is 14.8. The molecule has 2 N–H and O–H groups in total. The van der Waals surface area contributed by atoms with Gasteiger partial charge in [-0.15, -0.1) is 0 Å². The number of morpholine rings is 1. The van der Waals surface area contributed by atoms with Crippen LogP contribution in [0.3, 0.4) is 0 Å². The van der Waals surface area contributed by atoms with Crippen molar-refractivity contribution < 1.29 is 14.6 Å². The average Bonchev–Trinajstić information content (AvgIpc) is 3.22. The maximum Gasteiger partial charge on any atom is 0.235 e. The van der Waals surface area contributed by atoms with Gasteiger partial charge in [-0.25, -0.2) is 0 Å². The lowest BCUT2D eigenvalue weighted by Crippen LogP contribution is -2.54. The van der Waals surface area contributed by atoms with E-state index in [1.807, 2.05) is 11.8 Å². The highest BCUT2D eigenvalue weighted by Crippen LogP contribution is 2.39. The number of carbonyl (C=O) groups is 1. The first-order valence-corrected chi connectivity index (χ1v) is 7.17. The quantitative estimate of drug-likeness (QED) is 0.733. The molecule has 0 bridgehead atoms. The van der Waals surface area contributed by atoms with Crippen LogP contribution in [0.1, 0.15) is 26.7 Å². The van der Waals surface area contributed by atoms with E-state index < -0.39 is 5.54 Å². The molecule has 6 nitrogen and oxygen atoms in total. The molecular weight excluding hydrogens is 258 g/mol. The summed E-state index contributed by atoms with van der Waals surface area (Å²) >= 11 is 0. The van der Waals surface area contributed by atoms with E-state index in [0.29, 0.717) is 13.1 Å². The number of amides is 1. The van der Waals surface area contributed by atoms with Crippen LogP contribution in [-0.2, 0) is 9.53 Å². The lowest BCUT2D eigenvalue weighted by atomic mass is 9.98. The van der Waals surface area contributed by atoms with Crippen LogP contribution in [0.4, 0.5) is 0 Å². The third kappa shape index (κ3) is 3.69. The Balaban J connectivity index is 1.86. The highest BCUT2D eigenvalue weighted by atomic mass is 16.5. The topological polar surface area (TPSA) is 85.6 Å². The normalized spacial score (nSPS) is 30.3. The van der Waals surface area contributed by atoms with Crippen molar-refractivity contribution in [3.63, 3.8) is 0 Å². The molecule has 0 radical (unpaired) electrons. The number of aliphatic hydroxyl groups excluding tert-OH is 1. The molecule has 112 valence electrons. The van der Waals surface area contributed by atoms with Crippen molar-refractivity contribution >= 4 is 5.91 Å². The van der Waals surface area contributed by atoms with Gasteiger partial charge in [0.2, 0.25) is 5.91 Å². The molecule has 1 amide bonds. The Kier molecular flexibility index (Phi) is 4.63. The molecule has 0 aromatic heterocycles. The van der Waals surface area contributed by atoms with Crippen molar-refractivity contribution in [1.82, 2.24) is 10.2 Å². The minimum atomic E-state index is -0.745. The zero-order valence-electron chi connectivity index (χ0n) is 12.1. The Morgan fingerprint density at radius 2 is 2.25 bits per heavy atom. The maximum absolute atomic E-state index is 12.1. The molecule has 0 aromatic rings. The molecule has 1 saturated carbocycles. The Bertz CT molecular complexity index is 405. The Hall–Kier alpha value is -1.16. The molecule has 1 saturated heterocycles. The number of ether oxygens (including phenoxy) is 1. The van der Waals surface area contributed by atoms with Crippen molar-refractivity contribution in [1.29, 1.82) is 5.26 Å². The predicted molar refractivity (Wildman–Crippen MR) is 72.7 cm³/mol. The van der Waals surface area contributed by atoms with E-state index >= 15 is 0 Å². The summed E-state index contributed by atoms with van der Waals surface area (Å²) in [5.41, 5.74) is -0.745. The Labute approximate surface area is 119 Å². The van der Waals surface area contributed by atoms with Crippen LogP contribution in [-0.4, -0.2) is 59.9 Å². The predicted octanol–water partition coefficient (Wildman–Crippen LogP) is -0.124. The number of nitriles is 1. The van der Waals surface area contributed by atoms with Gasteiger partial charge in [-0.2, -0.15) is 5.26 Å². The van der Waals surface area contributed by atoms with Crippen molar-refractivity contribution in [3.8, 4) is 6.07 Å². The third-order valence-electron chi connectivity index (χ3n) is 4.00. The summed E-state index contributed by atoms with van der Waals surface area (Å²) in [7, 11) is 0. The molecule has 2 aliphatic rings. The van der Waals surface area contributed by atoms with Gasteiger partial charge in [0.25, 0.3) is 0 Å². The molecular formula is C14H23N3O3. The van der Waals surface area contributed by atoms with Gasteiger partial charge in [-0.1, -0.05) is 0 Å². The second-order valence-corrected chi connectivity index (χ2v) is 6.08. The number of hydrogen-bond acceptors (Lipinski definition) is 5. The van der Waals surface area contributed by atoms with Crippen LogP contribution >= 0.6 is 0 Å². The first-order chi connectivity index (χ1) is 9.46. The van der Waals surface area contributed by atoms with Gasteiger partial charge in [0, 0.05) is 13.1 Å². The van der Waals surface area contributed by atoms with Gasteiger partial charge < -0.3 is 15.2 Å². The minimum Gasteiger partial charge on any atom is -0.394 e. The number of rotatable bonds is 5. The fourth-order valence-corrected chi connectivity index (χ4v) is 2.78. The van der Waals surface area contributed by atoms with Gasteiger partial charge >= 0.3 is 0 Å². The molecule has 3 atom stereocenters. The summed E-state index contributed by atoms with van der Waals surface area (Å²) in [5, 5.41) is 21.3. The van der Waals surface area contributed by atoms with E-state index in [2.05, 4.69) is 11.4 Å². The van der Waals surface area contributed by atoms with Gasteiger partial charge in [-0.3, -0.25) is 9.69 Å². The summed E-state index contributed by atoms with van der Waals surface area (Å²) in [5.74, 6) is 0.150. The van der Waals surface area contributed by atoms with E-state index in [9.17, 15) is 15.2 Å². The van der Waals surface area contributed by atoms with E-state index in [4.69, 9.17) is 4.74 Å². The van der Waals surface area contributed by atoms with Gasteiger partial charge in [-0.05, 0) is 32.6 Å². The summed E-state index contributed by atoms with van der Waals surface area (Å²) in [4.78, 5) is 14.1. The monoisotopic (exact) mass is 281 g/mol. The fraction of sp³-hybridized carbons (Fsp3) is 0.857. The average molecular weight is 281 g/mol. The molecule has 0 spiro atoms. The second kappa shape index (κ2) is 6.08. The molecule has 2 rings (SSSR count). The van der Waals surface area contributed by atoms with Crippen molar-refractivity contribution in [3.05, 3.63) is 0 Å².